The summed E-state index contributed by atoms with van der Waals surface area (Å²) >= 11 is 11.7. The number of nitriles is 1. The first-order chi connectivity index (χ1) is 9.52. The summed E-state index contributed by atoms with van der Waals surface area (Å²) in [6.45, 7) is 0. The highest BCUT2D eigenvalue weighted by molar-refractivity contribution is 6.33. The number of carboxylic acids is 1. The minimum absolute atomic E-state index is 0.0179. The molecule has 5 nitrogen and oxygen atoms in total. The third-order valence-electron chi connectivity index (χ3n) is 2.36. The van der Waals surface area contributed by atoms with Crippen LogP contribution in [0, 0.1) is 11.3 Å². The molecule has 100 valence electrons. The molecule has 0 bridgehead atoms. The van der Waals surface area contributed by atoms with Gasteiger partial charge in [-0.05, 0) is 24.3 Å². The van der Waals surface area contributed by atoms with Gasteiger partial charge in [-0.25, -0.2) is 9.78 Å². The van der Waals surface area contributed by atoms with Crippen molar-refractivity contribution in [2.45, 2.75) is 0 Å². The van der Waals surface area contributed by atoms with E-state index in [1.807, 2.05) is 6.07 Å². The van der Waals surface area contributed by atoms with Gasteiger partial charge in [-0.15, -0.1) is 0 Å². The van der Waals surface area contributed by atoms with Gasteiger partial charge in [0.15, 0.2) is 0 Å². The summed E-state index contributed by atoms with van der Waals surface area (Å²) < 4.78 is 5.38. The molecule has 1 N–H and O–H groups in total. The van der Waals surface area contributed by atoms with E-state index in [-0.39, 0.29) is 32.8 Å². The first-order valence-corrected chi connectivity index (χ1v) is 6.04. The highest BCUT2D eigenvalue weighted by Crippen LogP contribution is 2.31. The number of nitrogens with zero attached hydrogens (tertiary/aromatic N) is 2. The van der Waals surface area contributed by atoms with E-state index < -0.39 is 5.97 Å². The summed E-state index contributed by atoms with van der Waals surface area (Å²) in [6.07, 6.45) is 1.37. The first kappa shape index (κ1) is 14.1. The summed E-state index contributed by atoms with van der Waals surface area (Å²) in [5, 5.41) is 18.0. The number of halogens is 2. The number of aromatic nitrogens is 1. The van der Waals surface area contributed by atoms with Crippen molar-refractivity contribution < 1.29 is 14.6 Å². The summed E-state index contributed by atoms with van der Waals surface area (Å²) in [5.74, 6) is -0.953. The fourth-order valence-corrected chi connectivity index (χ4v) is 1.82. The zero-order chi connectivity index (χ0) is 14.7. The van der Waals surface area contributed by atoms with E-state index in [1.54, 1.807) is 0 Å². The molecule has 1 aromatic heterocycles. The van der Waals surface area contributed by atoms with E-state index in [2.05, 4.69) is 4.98 Å². The third-order valence-corrected chi connectivity index (χ3v) is 3.06. The average Bonchev–Trinajstić information content (AvgIpc) is 2.43. The van der Waals surface area contributed by atoms with E-state index >= 15 is 0 Å². The van der Waals surface area contributed by atoms with E-state index in [0.29, 0.717) is 0 Å². The van der Waals surface area contributed by atoms with Crippen LogP contribution >= 0.6 is 23.2 Å². The number of hydrogen-bond donors (Lipinski definition) is 1. The van der Waals surface area contributed by atoms with Crippen molar-refractivity contribution in [2.24, 2.45) is 0 Å². The molecule has 0 saturated carbocycles. The largest absolute Gasteiger partial charge is 0.478 e. The van der Waals surface area contributed by atoms with Crippen molar-refractivity contribution in [1.82, 2.24) is 4.98 Å². The van der Waals surface area contributed by atoms with Gasteiger partial charge < -0.3 is 9.84 Å². The van der Waals surface area contributed by atoms with Gasteiger partial charge in [0.1, 0.15) is 16.8 Å². The zero-order valence-electron chi connectivity index (χ0n) is 9.80. The number of aromatic carboxylic acids is 1. The van der Waals surface area contributed by atoms with Crippen LogP contribution in [0.2, 0.25) is 10.0 Å². The van der Waals surface area contributed by atoms with Gasteiger partial charge in [0.25, 0.3) is 0 Å². The van der Waals surface area contributed by atoms with Crippen LogP contribution in [-0.2, 0) is 0 Å². The fraction of sp³-hybridized carbons (Fsp3) is 0. The summed E-state index contributed by atoms with van der Waals surface area (Å²) in [6, 6.07) is 7.46. The Morgan fingerprint density at radius 3 is 2.75 bits per heavy atom. The van der Waals surface area contributed by atoms with E-state index in [1.165, 1.54) is 30.5 Å². The summed E-state index contributed by atoms with van der Waals surface area (Å²) in [4.78, 5) is 14.9. The normalized spacial score (nSPS) is 9.85. The van der Waals surface area contributed by atoms with E-state index in [4.69, 9.17) is 38.3 Å². The Morgan fingerprint density at radius 2 is 2.10 bits per heavy atom. The molecule has 0 fully saturated rings. The lowest BCUT2D eigenvalue weighted by Gasteiger charge is -2.08. The van der Waals surface area contributed by atoms with Crippen LogP contribution in [0.3, 0.4) is 0 Å². The molecule has 20 heavy (non-hydrogen) atoms. The number of hydrogen-bond acceptors (Lipinski definition) is 4. The molecule has 0 aliphatic rings. The van der Waals surface area contributed by atoms with Crippen LogP contribution in [-0.4, -0.2) is 16.1 Å². The quantitative estimate of drug-likeness (QED) is 0.933. The molecular weight excluding hydrogens is 303 g/mol. The lowest BCUT2D eigenvalue weighted by molar-refractivity contribution is 0.0696. The van der Waals surface area contributed by atoms with Crippen molar-refractivity contribution in [3.8, 4) is 17.7 Å². The molecule has 0 aliphatic heterocycles. The number of carboxylic acid groups (broad SMARTS) is 1. The molecule has 0 aliphatic carbocycles. The van der Waals surface area contributed by atoms with Crippen molar-refractivity contribution in [3.63, 3.8) is 0 Å². The second kappa shape index (κ2) is 5.78. The highest BCUT2D eigenvalue weighted by Gasteiger charge is 2.13. The van der Waals surface area contributed by atoms with Crippen LogP contribution in [0.4, 0.5) is 0 Å². The second-order valence-electron chi connectivity index (χ2n) is 3.64. The van der Waals surface area contributed by atoms with Crippen molar-refractivity contribution in [2.75, 3.05) is 0 Å². The number of rotatable bonds is 3. The van der Waals surface area contributed by atoms with Crippen LogP contribution in [0.25, 0.3) is 0 Å². The van der Waals surface area contributed by atoms with Crippen LogP contribution in [0.1, 0.15) is 15.9 Å². The Labute approximate surface area is 124 Å². The lowest BCUT2D eigenvalue weighted by atomic mass is 10.2. The van der Waals surface area contributed by atoms with Gasteiger partial charge in [0.05, 0.1) is 16.1 Å². The highest BCUT2D eigenvalue weighted by atomic mass is 35.5. The molecule has 1 aromatic carbocycles. The fourth-order valence-electron chi connectivity index (χ4n) is 1.43. The smallest absolute Gasteiger partial charge is 0.337 e. The topological polar surface area (TPSA) is 83.2 Å². The van der Waals surface area contributed by atoms with Crippen LogP contribution in [0.15, 0.2) is 30.5 Å². The van der Waals surface area contributed by atoms with Crippen molar-refractivity contribution in [1.29, 1.82) is 5.26 Å². The minimum atomic E-state index is -1.18. The van der Waals surface area contributed by atoms with Crippen LogP contribution in [0.5, 0.6) is 11.6 Å². The zero-order valence-corrected chi connectivity index (χ0v) is 11.3. The standard InChI is InChI=1S/C13H6Cl2N2O3/c14-10-2-1-8(5-9(10)13(18)19)20-12-11(15)7(6-16)3-4-17-12/h1-5H,(H,18,19). The Kier molecular flexibility index (Phi) is 4.08. The predicted molar refractivity (Wildman–Crippen MR) is 72.4 cm³/mol. The Bertz CT molecular complexity index is 726. The van der Waals surface area contributed by atoms with Gasteiger partial charge in [0, 0.05) is 6.20 Å². The Morgan fingerprint density at radius 1 is 1.35 bits per heavy atom. The van der Waals surface area contributed by atoms with Crippen molar-refractivity contribution >= 4 is 29.2 Å². The number of ether oxygens (including phenoxy) is 1. The first-order valence-electron chi connectivity index (χ1n) is 5.28. The van der Waals surface area contributed by atoms with Gasteiger partial charge in [-0.2, -0.15) is 5.26 Å². The molecule has 0 amide bonds. The third kappa shape index (κ3) is 2.82. The summed E-state index contributed by atoms with van der Waals surface area (Å²) in [5.41, 5.74) is 0.112. The molecule has 0 saturated heterocycles. The Hall–Kier alpha value is -2.29. The molecule has 7 heteroatoms. The summed E-state index contributed by atoms with van der Waals surface area (Å²) in [7, 11) is 0. The minimum Gasteiger partial charge on any atom is -0.478 e. The monoisotopic (exact) mass is 308 g/mol. The molecule has 0 atom stereocenters. The van der Waals surface area contributed by atoms with E-state index in [0.717, 1.165) is 0 Å². The molecular formula is C13H6Cl2N2O3. The average molecular weight is 309 g/mol. The van der Waals surface area contributed by atoms with Crippen molar-refractivity contribution in [3.05, 3.63) is 51.6 Å². The Balaban J connectivity index is 2.39. The molecule has 1 heterocycles. The van der Waals surface area contributed by atoms with Gasteiger partial charge in [-0.3, -0.25) is 0 Å². The van der Waals surface area contributed by atoms with Gasteiger partial charge in [0.2, 0.25) is 5.88 Å². The number of carbonyl (C=O) groups is 1. The molecule has 0 spiro atoms. The maximum absolute atomic E-state index is 11.0. The maximum atomic E-state index is 11.0. The number of benzene rings is 1. The second-order valence-corrected chi connectivity index (χ2v) is 4.42. The van der Waals surface area contributed by atoms with E-state index in [9.17, 15) is 4.79 Å². The molecule has 2 aromatic rings. The SMILES string of the molecule is N#Cc1ccnc(Oc2ccc(Cl)c(C(=O)O)c2)c1Cl. The maximum Gasteiger partial charge on any atom is 0.337 e. The number of pyridine rings is 1. The molecule has 0 unspecified atom stereocenters. The van der Waals surface area contributed by atoms with Gasteiger partial charge in [-0.1, -0.05) is 23.2 Å². The molecule has 2 rings (SSSR count). The van der Waals surface area contributed by atoms with Crippen LogP contribution < -0.4 is 4.74 Å². The lowest BCUT2D eigenvalue weighted by Crippen LogP contribution is -1.98. The predicted octanol–water partition coefficient (Wildman–Crippen LogP) is 3.75. The molecule has 0 radical (unpaired) electrons. The van der Waals surface area contributed by atoms with Gasteiger partial charge >= 0.3 is 5.97 Å².